The Morgan fingerprint density at radius 2 is 1.82 bits per heavy atom. The minimum absolute atomic E-state index is 0.340. The summed E-state index contributed by atoms with van der Waals surface area (Å²) in [4.78, 5) is 27.1. The molecule has 2 amide bonds. The Hall–Kier alpha value is -2.35. The molecule has 2 aromatic rings. The highest BCUT2D eigenvalue weighted by Crippen LogP contribution is 2.36. The van der Waals surface area contributed by atoms with Gasteiger partial charge in [0, 0.05) is 30.2 Å². The average Bonchev–Trinajstić information content (AvgIpc) is 3.23. The van der Waals surface area contributed by atoms with E-state index < -0.39 is 11.8 Å². The summed E-state index contributed by atoms with van der Waals surface area (Å²) in [6, 6.07) is 5.92. The number of nitrogens with one attached hydrogen (secondary N) is 1. The van der Waals surface area contributed by atoms with E-state index in [4.69, 9.17) is 0 Å². The van der Waals surface area contributed by atoms with Crippen LogP contribution in [-0.2, 0) is 21.1 Å². The molecule has 4 rings (SSSR count). The standard InChI is InChI=1S/C20H23FN4O2S/c1-12-7-13(2)9-24(8-12)20(27)19(26)22-18-16-10-28-11-17(16)23-25(18)15-5-3-14(21)4-6-15/h3-6,12-13H,7-11H2,1-2H3,(H,22,26)/t12-,13+. The van der Waals surface area contributed by atoms with E-state index in [0.717, 1.165) is 29.2 Å². The molecule has 0 radical (unpaired) electrons. The zero-order valence-electron chi connectivity index (χ0n) is 15.9. The Morgan fingerprint density at radius 1 is 1.14 bits per heavy atom. The summed E-state index contributed by atoms with van der Waals surface area (Å²) in [5.74, 6) is 1.24. The summed E-state index contributed by atoms with van der Waals surface area (Å²) in [6.07, 6.45) is 1.06. The SMILES string of the molecule is C[C@@H]1C[C@H](C)CN(C(=O)C(=O)Nc2c3c(nn2-c2ccc(F)cc2)CSC3)C1. The number of thioether (sulfide) groups is 1. The predicted molar refractivity (Wildman–Crippen MR) is 107 cm³/mol. The first kappa shape index (κ1) is 19.0. The lowest BCUT2D eigenvalue weighted by Gasteiger charge is -2.34. The van der Waals surface area contributed by atoms with Crippen LogP contribution < -0.4 is 5.32 Å². The second-order valence-electron chi connectivity index (χ2n) is 7.77. The molecule has 3 heterocycles. The smallest absolute Gasteiger partial charge is 0.315 e. The number of rotatable bonds is 2. The summed E-state index contributed by atoms with van der Waals surface area (Å²) >= 11 is 1.71. The molecule has 148 valence electrons. The zero-order chi connectivity index (χ0) is 19.8. The maximum Gasteiger partial charge on any atom is 0.315 e. The average molecular weight is 402 g/mol. The van der Waals surface area contributed by atoms with Gasteiger partial charge in [-0.1, -0.05) is 13.8 Å². The number of hydrogen-bond acceptors (Lipinski definition) is 4. The largest absolute Gasteiger partial charge is 0.334 e. The fraction of sp³-hybridized carbons (Fsp3) is 0.450. The molecule has 6 nitrogen and oxygen atoms in total. The second-order valence-corrected chi connectivity index (χ2v) is 8.75. The summed E-state index contributed by atoms with van der Waals surface area (Å²) in [5.41, 5.74) is 2.46. The molecule has 0 aliphatic carbocycles. The summed E-state index contributed by atoms with van der Waals surface area (Å²) in [5, 5.41) is 7.37. The number of fused-ring (bicyclic) bond motifs is 1. The fourth-order valence-electron chi connectivity index (χ4n) is 4.04. The summed E-state index contributed by atoms with van der Waals surface area (Å²) in [6.45, 7) is 5.40. The number of aromatic nitrogens is 2. The van der Waals surface area contributed by atoms with Gasteiger partial charge in [0.2, 0.25) is 0 Å². The Labute approximate surface area is 167 Å². The van der Waals surface area contributed by atoms with Gasteiger partial charge in [-0.2, -0.15) is 16.9 Å². The molecule has 2 atom stereocenters. The molecule has 1 N–H and O–H groups in total. The van der Waals surface area contributed by atoms with Gasteiger partial charge < -0.3 is 10.2 Å². The van der Waals surface area contributed by atoms with Crippen LogP contribution in [0.3, 0.4) is 0 Å². The van der Waals surface area contributed by atoms with E-state index >= 15 is 0 Å². The van der Waals surface area contributed by atoms with Crippen molar-refractivity contribution in [1.29, 1.82) is 0 Å². The molecule has 8 heteroatoms. The Bertz CT molecular complexity index is 902. The third-order valence-corrected chi connectivity index (χ3v) is 6.18. The van der Waals surface area contributed by atoms with Gasteiger partial charge >= 0.3 is 11.8 Å². The van der Waals surface area contributed by atoms with E-state index in [1.807, 2.05) is 0 Å². The van der Waals surface area contributed by atoms with Gasteiger partial charge in [-0.15, -0.1) is 0 Å². The molecule has 2 aliphatic rings. The van der Waals surface area contributed by atoms with E-state index in [-0.39, 0.29) is 5.82 Å². The Balaban J connectivity index is 1.59. The van der Waals surface area contributed by atoms with Crippen molar-refractivity contribution in [2.24, 2.45) is 11.8 Å². The first-order valence-corrected chi connectivity index (χ1v) is 10.6. The molecule has 0 spiro atoms. The van der Waals surface area contributed by atoms with Crippen molar-refractivity contribution in [3.63, 3.8) is 0 Å². The van der Waals surface area contributed by atoms with Crippen LogP contribution in [0.4, 0.5) is 10.2 Å². The molecule has 1 saturated heterocycles. The third-order valence-electron chi connectivity index (χ3n) is 5.21. The predicted octanol–water partition coefficient (Wildman–Crippen LogP) is 3.20. The number of piperidine rings is 1. The van der Waals surface area contributed by atoms with Crippen LogP contribution >= 0.6 is 11.8 Å². The maximum absolute atomic E-state index is 13.3. The lowest BCUT2D eigenvalue weighted by molar-refractivity contribution is -0.145. The zero-order valence-corrected chi connectivity index (χ0v) is 16.8. The van der Waals surface area contributed by atoms with E-state index in [1.54, 1.807) is 33.5 Å². The fourth-order valence-corrected chi connectivity index (χ4v) is 5.08. The van der Waals surface area contributed by atoms with Crippen molar-refractivity contribution in [3.05, 3.63) is 41.3 Å². The van der Waals surface area contributed by atoms with Crippen molar-refractivity contribution in [2.75, 3.05) is 18.4 Å². The maximum atomic E-state index is 13.3. The third kappa shape index (κ3) is 3.65. The highest BCUT2D eigenvalue weighted by atomic mass is 32.2. The topological polar surface area (TPSA) is 67.2 Å². The van der Waals surface area contributed by atoms with Crippen LogP contribution in [0.2, 0.25) is 0 Å². The number of nitrogens with zero attached hydrogens (tertiary/aromatic N) is 3. The molecule has 2 aliphatic heterocycles. The molecule has 28 heavy (non-hydrogen) atoms. The molecule has 1 fully saturated rings. The van der Waals surface area contributed by atoms with Crippen LogP contribution in [0.1, 0.15) is 31.5 Å². The van der Waals surface area contributed by atoms with Gasteiger partial charge in [-0.3, -0.25) is 9.59 Å². The second kappa shape index (κ2) is 7.58. The molecule has 0 saturated carbocycles. The highest BCUT2D eigenvalue weighted by molar-refractivity contribution is 7.98. The monoisotopic (exact) mass is 402 g/mol. The van der Waals surface area contributed by atoms with Crippen LogP contribution in [-0.4, -0.2) is 39.6 Å². The van der Waals surface area contributed by atoms with E-state index in [0.29, 0.717) is 36.4 Å². The highest BCUT2D eigenvalue weighted by Gasteiger charge is 2.31. The van der Waals surface area contributed by atoms with Gasteiger partial charge in [0.1, 0.15) is 11.6 Å². The van der Waals surface area contributed by atoms with Crippen molar-refractivity contribution < 1.29 is 14.0 Å². The lowest BCUT2D eigenvalue weighted by atomic mass is 9.92. The number of likely N-dealkylation sites (tertiary alicyclic amines) is 1. The van der Waals surface area contributed by atoms with Crippen LogP contribution in [0.25, 0.3) is 5.69 Å². The van der Waals surface area contributed by atoms with E-state index in [2.05, 4.69) is 24.3 Å². The van der Waals surface area contributed by atoms with E-state index in [9.17, 15) is 14.0 Å². The normalized spacial score (nSPS) is 21.5. The number of anilines is 1. The number of carbonyl (C=O) groups is 2. The first-order chi connectivity index (χ1) is 13.4. The molecular weight excluding hydrogens is 379 g/mol. The molecule has 0 bridgehead atoms. The first-order valence-electron chi connectivity index (χ1n) is 9.47. The number of halogens is 1. The van der Waals surface area contributed by atoms with Gasteiger partial charge in [-0.25, -0.2) is 9.07 Å². The van der Waals surface area contributed by atoms with Gasteiger partial charge in [0.05, 0.1) is 11.4 Å². The van der Waals surface area contributed by atoms with Crippen molar-refractivity contribution >= 4 is 29.4 Å². The van der Waals surface area contributed by atoms with Gasteiger partial charge in [0.15, 0.2) is 0 Å². The van der Waals surface area contributed by atoms with E-state index in [1.165, 1.54) is 12.1 Å². The number of hydrogen-bond donors (Lipinski definition) is 1. The Morgan fingerprint density at radius 3 is 2.50 bits per heavy atom. The quantitative estimate of drug-likeness (QED) is 0.784. The van der Waals surface area contributed by atoms with Crippen LogP contribution in [0.5, 0.6) is 0 Å². The number of benzene rings is 1. The molecule has 0 unspecified atom stereocenters. The minimum Gasteiger partial charge on any atom is -0.334 e. The van der Waals surface area contributed by atoms with Gasteiger partial charge in [0.25, 0.3) is 0 Å². The molecule has 1 aromatic heterocycles. The lowest BCUT2D eigenvalue weighted by Crippen LogP contribution is -2.47. The minimum atomic E-state index is -0.649. The molecule has 1 aromatic carbocycles. The summed E-state index contributed by atoms with van der Waals surface area (Å²) < 4.78 is 14.9. The van der Waals surface area contributed by atoms with Crippen LogP contribution in [0, 0.1) is 17.7 Å². The number of carbonyl (C=O) groups excluding carboxylic acids is 2. The molecular formula is C20H23FN4O2S. The van der Waals surface area contributed by atoms with Crippen molar-refractivity contribution in [2.45, 2.75) is 31.8 Å². The summed E-state index contributed by atoms with van der Waals surface area (Å²) in [7, 11) is 0. The van der Waals surface area contributed by atoms with Gasteiger partial charge in [-0.05, 0) is 42.5 Å². The Kier molecular flexibility index (Phi) is 5.14. The van der Waals surface area contributed by atoms with Crippen molar-refractivity contribution in [1.82, 2.24) is 14.7 Å². The van der Waals surface area contributed by atoms with Crippen molar-refractivity contribution in [3.8, 4) is 5.69 Å². The van der Waals surface area contributed by atoms with Crippen LogP contribution in [0.15, 0.2) is 24.3 Å². The number of amides is 2.